The van der Waals surface area contributed by atoms with E-state index in [0.29, 0.717) is 19.4 Å². The van der Waals surface area contributed by atoms with Crippen LogP contribution >= 0.6 is 0 Å². The van der Waals surface area contributed by atoms with Gasteiger partial charge in [0, 0.05) is 48.7 Å². The van der Waals surface area contributed by atoms with Crippen molar-refractivity contribution in [1.82, 2.24) is 24.8 Å². The first-order chi connectivity index (χ1) is 13.2. The number of pyridine rings is 1. The summed E-state index contributed by atoms with van der Waals surface area (Å²) in [4.78, 5) is 24.1. The normalized spacial score (nSPS) is 11.0. The highest BCUT2D eigenvalue weighted by molar-refractivity contribution is 5.84. The molecule has 0 spiro atoms. The lowest BCUT2D eigenvalue weighted by Crippen LogP contribution is -2.23. The third-order valence-corrected chi connectivity index (χ3v) is 4.67. The monoisotopic (exact) mass is 359 g/mol. The van der Waals surface area contributed by atoms with E-state index in [0.717, 1.165) is 22.7 Å². The van der Waals surface area contributed by atoms with Gasteiger partial charge < -0.3 is 10.3 Å². The average molecular weight is 359 g/mol. The summed E-state index contributed by atoms with van der Waals surface area (Å²) in [6, 6.07) is 12.0. The van der Waals surface area contributed by atoms with Crippen LogP contribution < -0.4 is 5.32 Å². The van der Waals surface area contributed by atoms with Crippen molar-refractivity contribution in [2.75, 3.05) is 0 Å². The summed E-state index contributed by atoms with van der Waals surface area (Å²) in [5.74, 6) is 1.72. The zero-order valence-electron chi connectivity index (χ0n) is 15.1. The summed E-state index contributed by atoms with van der Waals surface area (Å²) >= 11 is 0. The fourth-order valence-electron chi connectivity index (χ4n) is 3.20. The fourth-order valence-corrected chi connectivity index (χ4v) is 3.20. The molecule has 136 valence electrons. The van der Waals surface area contributed by atoms with Gasteiger partial charge in [-0.1, -0.05) is 18.2 Å². The number of rotatable bonds is 6. The zero-order chi connectivity index (χ0) is 18.6. The fraction of sp³-hybridized carbons (Fsp3) is 0.190. The predicted molar refractivity (Wildman–Crippen MR) is 105 cm³/mol. The van der Waals surface area contributed by atoms with Crippen molar-refractivity contribution in [3.8, 4) is 5.82 Å². The Morgan fingerprint density at radius 3 is 2.93 bits per heavy atom. The smallest absolute Gasteiger partial charge is 0.220 e. The SMILES string of the molecule is Cc1nccn1-c1cc(CNC(=O)CCc2c[nH]c3ccccc23)ccn1. The van der Waals surface area contributed by atoms with Crippen molar-refractivity contribution < 1.29 is 4.79 Å². The van der Waals surface area contributed by atoms with Crippen LogP contribution in [0.5, 0.6) is 0 Å². The largest absolute Gasteiger partial charge is 0.361 e. The molecule has 0 saturated heterocycles. The molecule has 0 aliphatic heterocycles. The molecule has 0 saturated carbocycles. The highest BCUT2D eigenvalue weighted by Gasteiger charge is 2.08. The Hall–Kier alpha value is -3.41. The van der Waals surface area contributed by atoms with Gasteiger partial charge in [-0.25, -0.2) is 9.97 Å². The van der Waals surface area contributed by atoms with Crippen LogP contribution in [0.4, 0.5) is 0 Å². The van der Waals surface area contributed by atoms with Gasteiger partial charge in [-0.15, -0.1) is 0 Å². The van der Waals surface area contributed by atoms with Crippen LogP contribution in [0.25, 0.3) is 16.7 Å². The summed E-state index contributed by atoms with van der Waals surface area (Å²) in [7, 11) is 0. The first-order valence-corrected chi connectivity index (χ1v) is 8.97. The van der Waals surface area contributed by atoms with Crippen molar-refractivity contribution >= 4 is 16.8 Å². The van der Waals surface area contributed by atoms with E-state index >= 15 is 0 Å². The molecule has 0 atom stereocenters. The third-order valence-electron chi connectivity index (χ3n) is 4.67. The van der Waals surface area contributed by atoms with Gasteiger partial charge in [0.05, 0.1) is 0 Å². The van der Waals surface area contributed by atoms with E-state index in [9.17, 15) is 4.79 Å². The van der Waals surface area contributed by atoms with E-state index in [2.05, 4.69) is 26.3 Å². The second kappa shape index (κ2) is 7.45. The van der Waals surface area contributed by atoms with Crippen LogP contribution in [0.2, 0.25) is 0 Å². The summed E-state index contributed by atoms with van der Waals surface area (Å²) < 4.78 is 1.92. The number of aromatic nitrogens is 4. The maximum atomic E-state index is 12.3. The van der Waals surface area contributed by atoms with Gasteiger partial charge in [-0.05, 0) is 42.7 Å². The van der Waals surface area contributed by atoms with Crippen LogP contribution in [0.1, 0.15) is 23.4 Å². The predicted octanol–water partition coefficient (Wildman–Crippen LogP) is 3.31. The highest BCUT2D eigenvalue weighted by atomic mass is 16.1. The minimum absolute atomic E-state index is 0.0393. The van der Waals surface area contributed by atoms with Crippen molar-refractivity contribution in [3.05, 3.63) is 78.1 Å². The molecule has 4 aromatic rings. The number of amides is 1. The maximum Gasteiger partial charge on any atom is 0.220 e. The number of fused-ring (bicyclic) bond motifs is 1. The minimum atomic E-state index is 0.0393. The molecule has 6 heteroatoms. The molecule has 3 heterocycles. The number of aromatic amines is 1. The molecule has 0 unspecified atom stereocenters. The number of imidazole rings is 1. The molecule has 3 aromatic heterocycles. The Labute approximate surface area is 157 Å². The molecule has 1 aromatic carbocycles. The molecule has 2 N–H and O–H groups in total. The van der Waals surface area contributed by atoms with Crippen LogP contribution in [0.15, 0.2) is 61.2 Å². The number of para-hydroxylation sites is 1. The second-order valence-electron chi connectivity index (χ2n) is 6.50. The molecule has 6 nitrogen and oxygen atoms in total. The van der Waals surface area contributed by atoms with Gasteiger partial charge in [0.1, 0.15) is 11.6 Å². The number of aryl methyl sites for hydroxylation is 2. The van der Waals surface area contributed by atoms with E-state index in [1.54, 1.807) is 12.4 Å². The second-order valence-corrected chi connectivity index (χ2v) is 6.50. The van der Waals surface area contributed by atoms with Crippen LogP contribution in [0.3, 0.4) is 0 Å². The van der Waals surface area contributed by atoms with Crippen molar-refractivity contribution in [2.24, 2.45) is 0 Å². The Bertz CT molecular complexity index is 1080. The summed E-state index contributed by atoms with van der Waals surface area (Å²) in [6.45, 7) is 2.41. The quantitative estimate of drug-likeness (QED) is 0.555. The lowest BCUT2D eigenvalue weighted by molar-refractivity contribution is -0.121. The van der Waals surface area contributed by atoms with E-state index in [1.165, 1.54) is 10.9 Å². The molecular weight excluding hydrogens is 338 g/mol. The van der Waals surface area contributed by atoms with Gasteiger partial charge in [0.15, 0.2) is 0 Å². The summed E-state index contributed by atoms with van der Waals surface area (Å²) in [5, 5.41) is 4.18. The molecule has 4 rings (SSSR count). The Morgan fingerprint density at radius 1 is 1.19 bits per heavy atom. The van der Waals surface area contributed by atoms with Crippen LogP contribution in [0, 0.1) is 6.92 Å². The summed E-state index contributed by atoms with van der Waals surface area (Å²) in [5.41, 5.74) is 3.28. The lowest BCUT2D eigenvalue weighted by atomic mass is 10.1. The molecule has 0 fully saturated rings. The van der Waals surface area contributed by atoms with Gasteiger partial charge in [-0.2, -0.15) is 0 Å². The van der Waals surface area contributed by atoms with Gasteiger partial charge in [0.25, 0.3) is 0 Å². The summed E-state index contributed by atoms with van der Waals surface area (Å²) in [6.07, 6.45) is 8.53. The number of carbonyl (C=O) groups is 1. The lowest BCUT2D eigenvalue weighted by Gasteiger charge is -2.08. The van der Waals surface area contributed by atoms with Gasteiger partial charge in [-0.3, -0.25) is 9.36 Å². The Morgan fingerprint density at radius 2 is 2.07 bits per heavy atom. The molecule has 0 aliphatic carbocycles. The first-order valence-electron chi connectivity index (χ1n) is 8.97. The van der Waals surface area contributed by atoms with E-state index in [1.807, 2.05) is 54.2 Å². The number of nitrogens with one attached hydrogen (secondary N) is 2. The maximum absolute atomic E-state index is 12.3. The third kappa shape index (κ3) is 3.74. The van der Waals surface area contributed by atoms with Crippen molar-refractivity contribution in [2.45, 2.75) is 26.3 Å². The van der Waals surface area contributed by atoms with Crippen molar-refractivity contribution in [3.63, 3.8) is 0 Å². The number of hydrogen-bond acceptors (Lipinski definition) is 3. The molecule has 27 heavy (non-hydrogen) atoms. The topological polar surface area (TPSA) is 75.6 Å². The molecule has 0 bridgehead atoms. The number of benzene rings is 1. The molecular formula is C21H21N5O. The van der Waals surface area contributed by atoms with Crippen LogP contribution in [-0.4, -0.2) is 25.4 Å². The van der Waals surface area contributed by atoms with Crippen LogP contribution in [-0.2, 0) is 17.8 Å². The average Bonchev–Trinajstić information content (AvgIpc) is 3.31. The number of carbonyl (C=O) groups excluding carboxylic acids is 1. The van der Waals surface area contributed by atoms with Crippen molar-refractivity contribution in [1.29, 1.82) is 0 Å². The van der Waals surface area contributed by atoms with Gasteiger partial charge >= 0.3 is 0 Å². The Balaban J connectivity index is 1.35. The highest BCUT2D eigenvalue weighted by Crippen LogP contribution is 2.19. The minimum Gasteiger partial charge on any atom is -0.361 e. The first kappa shape index (κ1) is 17.0. The van der Waals surface area contributed by atoms with E-state index < -0.39 is 0 Å². The number of nitrogens with zero attached hydrogens (tertiary/aromatic N) is 3. The zero-order valence-corrected chi connectivity index (χ0v) is 15.1. The number of H-pyrrole nitrogens is 1. The molecule has 0 radical (unpaired) electrons. The number of hydrogen-bond donors (Lipinski definition) is 2. The molecule has 0 aliphatic rings. The molecule has 1 amide bonds. The van der Waals surface area contributed by atoms with E-state index in [-0.39, 0.29) is 5.91 Å². The standard InChI is InChI=1S/C21H21N5O/c1-15-22-10-11-26(15)20-12-16(8-9-23-20)13-25-21(27)7-6-17-14-24-19-5-3-2-4-18(17)19/h2-5,8-12,14,24H,6-7,13H2,1H3,(H,25,27). The Kier molecular flexibility index (Phi) is 4.70. The van der Waals surface area contributed by atoms with Gasteiger partial charge in [0.2, 0.25) is 5.91 Å². The van der Waals surface area contributed by atoms with E-state index in [4.69, 9.17) is 0 Å².